The summed E-state index contributed by atoms with van der Waals surface area (Å²) in [5.74, 6) is 0. The Morgan fingerprint density at radius 2 is 1.50 bits per heavy atom. The summed E-state index contributed by atoms with van der Waals surface area (Å²) in [6, 6.07) is 0. The van der Waals surface area contributed by atoms with Crippen molar-refractivity contribution in [3.05, 3.63) is 12.2 Å². The summed E-state index contributed by atoms with van der Waals surface area (Å²) in [5, 5.41) is 6.10. The van der Waals surface area contributed by atoms with Crippen molar-refractivity contribution in [3.63, 3.8) is 0 Å². The van der Waals surface area contributed by atoms with E-state index < -0.39 is 13.3 Å². The van der Waals surface area contributed by atoms with Gasteiger partial charge in [0, 0.05) is 0 Å². The minimum absolute atomic E-state index is 1.31. The maximum atomic E-state index is 2.41. The van der Waals surface area contributed by atoms with Crippen LogP contribution in [0.15, 0.2) is 12.2 Å². The summed E-state index contributed by atoms with van der Waals surface area (Å²) in [6.45, 7) is 9.34. The Kier molecular flexibility index (Phi) is 6.92. The van der Waals surface area contributed by atoms with Gasteiger partial charge >= 0.3 is 80.5 Å². The van der Waals surface area contributed by atoms with Crippen molar-refractivity contribution in [1.82, 2.24) is 0 Å². The summed E-state index contributed by atoms with van der Waals surface area (Å²) in [4.78, 5) is 0. The summed E-state index contributed by atoms with van der Waals surface area (Å²) in [5.41, 5.74) is 0. The molecule has 0 amide bonds. The van der Waals surface area contributed by atoms with Gasteiger partial charge in [0.2, 0.25) is 0 Å². The van der Waals surface area contributed by atoms with Crippen LogP contribution >= 0.6 is 0 Å². The van der Waals surface area contributed by atoms with E-state index >= 15 is 0 Å². The van der Waals surface area contributed by atoms with Gasteiger partial charge in [0.05, 0.1) is 0 Å². The van der Waals surface area contributed by atoms with Crippen LogP contribution in [0, 0.1) is 0 Å². The molecular formula is C11H24Ge. The van der Waals surface area contributed by atoms with E-state index in [0.717, 1.165) is 0 Å². The third kappa shape index (κ3) is 3.79. The van der Waals surface area contributed by atoms with Gasteiger partial charge in [-0.15, -0.1) is 0 Å². The molecular weight excluding hydrogens is 205 g/mol. The Labute approximate surface area is 80.8 Å². The van der Waals surface area contributed by atoms with Gasteiger partial charge < -0.3 is 0 Å². The van der Waals surface area contributed by atoms with Crippen molar-refractivity contribution in [3.8, 4) is 0 Å². The van der Waals surface area contributed by atoms with Crippen molar-refractivity contribution in [2.75, 3.05) is 0 Å². The molecule has 0 aliphatic rings. The normalized spacial score (nSPS) is 12.7. The van der Waals surface area contributed by atoms with Crippen molar-refractivity contribution < 1.29 is 0 Å². The molecule has 0 heterocycles. The van der Waals surface area contributed by atoms with Gasteiger partial charge in [0.15, 0.2) is 0 Å². The Balaban J connectivity index is 3.92. The second kappa shape index (κ2) is 6.76. The first kappa shape index (κ1) is 12.3. The van der Waals surface area contributed by atoms with Crippen LogP contribution in [0.3, 0.4) is 0 Å². The van der Waals surface area contributed by atoms with E-state index in [-0.39, 0.29) is 0 Å². The fourth-order valence-electron chi connectivity index (χ4n) is 1.84. The topological polar surface area (TPSA) is 0 Å². The third-order valence-electron chi connectivity index (χ3n) is 3.33. The molecule has 0 aliphatic carbocycles. The summed E-state index contributed by atoms with van der Waals surface area (Å²) in [7, 11) is 0. The van der Waals surface area contributed by atoms with Crippen molar-refractivity contribution in [2.45, 2.75) is 55.1 Å². The molecule has 0 radical (unpaired) electrons. The fourth-order valence-corrected chi connectivity index (χ4v) is 8.84. The van der Waals surface area contributed by atoms with Crippen LogP contribution in [0.1, 0.15) is 34.1 Å². The average Bonchev–Trinajstić information content (AvgIpc) is 2.14. The first-order valence-corrected chi connectivity index (χ1v) is 11.3. The Morgan fingerprint density at radius 1 is 1.00 bits per heavy atom. The van der Waals surface area contributed by atoms with E-state index in [1.165, 1.54) is 22.2 Å². The quantitative estimate of drug-likeness (QED) is 0.465. The van der Waals surface area contributed by atoms with Crippen LogP contribution in [-0.4, -0.2) is 13.3 Å². The van der Waals surface area contributed by atoms with E-state index in [0.29, 0.717) is 0 Å². The van der Waals surface area contributed by atoms with Gasteiger partial charge in [-0.05, 0) is 0 Å². The van der Waals surface area contributed by atoms with Crippen molar-refractivity contribution in [2.24, 2.45) is 0 Å². The second-order valence-corrected chi connectivity index (χ2v) is 15.5. The van der Waals surface area contributed by atoms with E-state index in [4.69, 9.17) is 0 Å². The average molecular weight is 229 g/mol. The van der Waals surface area contributed by atoms with Gasteiger partial charge in [-0.1, -0.05) is 0 Å². The van der Waals surface area contributed by atoms with Crippen LogP contribution in [0.2, 0.25) is 21.0 Å². The summed E-state index contributed by atoms with van der Waals surface area (Å²) < 4.78 is 0. The molecule has 72 valence electrons. The fraction of sp³-hybridized carbons (Fsp3) is 0.818. The van der Waals surface area contributed by atoms with Crippen LogP contribution < -0.4 is 0 Å². The molecule has 0 rings (SSSR count). The monoisotopic (exact) mass is 230 g/mol. The Morgan fingerprint density at radius 3 is 1.83 bits per heavy atom. The molecule has 0 N–H and O–H groups in total. The molecule has 0 saturated carbocycles. The van der Waals surface area contributed by atoms with Crippen LogP contribution in [-0.2, 0) is 0 Å². The van der Waals surface area contributed by atoms with Crippen molar-refractivity contribution in [1.29, 1.82) is 0 Å². The number of hydrogen-bond donors (Lipinski definition) is 0. The first-order valence-electron chi connectivity index (χ1n) is 5.35. The molecule has 0 unspecified atom stereocenters. The predicted molar refractivity (Wildman–Crippen MR) is 61.4 cm³/mol. The molecule has 0 atom stereocenters. The number of allylic oxidation sites excluding steroid dienone is 2. The molecule has 0 aromatic heterocycles. The molecule has 0 aliphatic heterocycles. The molecule has 1 heteroatoms. The Hall–Kier alpha value is 0.283. The van der Waals surface area contributed by atoms with E-state index in [1.54, 1.807) is 5.25 Å². The van der Waals surface area contributed by atoms with Gasteiger partial charge in [-0.25, -0.2) is 0 Å². The second-order valence-electron chi connectivity index (χ2n) is 3.67. The van der Waals surface area contributed by atoms with E-state index in [1.807, 2.05) is 0 Å². The SMILES string of the molecule is C/C=C\C[CH2][Ge]([CH2]C)([CH2]C)[CH2]C. The van der Waals surface area contributed by atoms with Crippen LogP contribution in [0.25, 0.3) is 0 Å². The molecule has 0 saturated heterocycles. The van der Waals surface area contributed by atoms with Gasteiger partial charge in [-0.2, -0.15) is 0 Å². The maximum absolute atomic E-state index is 2.41. The molecule has 0 bridgehead atoms. The third-order valence-corrected chi connectivity index (χ3v) is 15.6. The first-order chi connectivity index (χ1) is 5.74. The van der Waals surface area contributed by atoms with Gasteiger partial charge in [-0.3, -0.25) is 0 Å². The van der Waals surface area contributed by atoms with Crippen molar-refractivity contribution >= 4 is 13.3 Å². The molecule has 0 aromatic carbocycles. The Bertz CT molecular complexity index is 115. The zero-order chi connectivity index (χ0) is 9.45. The predicted octanol–water partition coefficient (Wildman–Crippen LogP) is 4.46. The summed E-state index contributed by atoms with van der Waals surface area (Å²) >= 11 is -1.31. The standard InChI is InChI=1S/C11H24Ge/c1-5-9-10-11-12(6-2,7-3)8-4/h5,9H,6-8,10-11H2,1-4H3/b9-5-. The molecule has 0 fully saturated rings. The van der Waals surface area contributed by atoms with E-state index in [2.05, 4.69) is 39.8 Å². The van der Waals surface area contributed by atoms with Gasteiger partial charge in [0.25, 0.3) is 0 Å². The van der Waals surface area contributed by atoms with E-state index in [9.17, 15) is 0 Å². The van der Waals surface area contributed by atoms with Gasteiger partial charge in [0.1, 0.15) is 0 Å². The zero-order valence-electron chi connectivity index (χ0n) is 9.19. The number of hydrogen-bond acceptors (Lipinski definition) is 0. The molecule has 12 heavy (non-hydrogen) atoms. The molecule has 0 aromatic rings. The minimum atomic E-state index is -1.31. The molecule has 0 spiro atoms. The number of rotatable bonds is 6. The zero-order valence-corrected chi connectivity index (χ0v) is 11.3. The molecule has 0 nitrogen and oxygen atoms in total. The van der Waals surface area contributed by atoms with Crippen LogP contribution in [0.5, 0.6) is 0 Å². The van der Waals surface area contributed by atoms with Crippen LogP contribution in [0.4, 0.5) is 0 Å². The summed E-state index contributed by atoms with van der Waals surface area (Å²) in [6.07, 6.45) is 5.86.